The highest BCUT2D eigenvalue weighted by Gasteiger charge is 2.57. The van der Waals surface area contributed by atoms with Crippen molar-refractivity contribution in [1.29, 1.82) is 0 Å². The van der Waals surface area contributed by atoms with Crippen LogP contribution < -0.4 is 0 Å². The van der Waals surface area contributed by atoms with Crippen molar-refractivity contribution in [2.75, 3.05) is 13.2 Å². The van der Waals surface area contributed by atoms with Crippen molar-refractivity contribution in [2.45, 2.75) is 58.8 Å². The van der Waals surface area contributed by atoms with Crippen molar-refractivity contribution in [1.82, 2.24) is 4.98 Å². The van der Waals surface area contributed by atoms with Crippen LogP contribution in [0.25, 0.3) is 5.57 Å². The Balaban J connectivity index is 1.45. The molecule has 2 heteroatoms. The number of ether oxygens (including phenoxy) is 1. The van der Waals surface area contributed by atoms with Crippen LogP contribution >= 0.6 is 0 Å². The number of aromatic nitrogens is 1. The summed E-state index contributed by atoms with van der Waals surface area (Å²) in [4.78, 5) is 4.40. The average molecular weight is 352 g/mol. The lowest BCUT2D eigenvalue weighted by Gasteiger charge is -2.58. The molecule has 0 aromatic carbocycles. The van der Waals surface area contributed by atoms with E-state index in [-0.39, 0.29) is 0 Å². The zero-order valence-corrected chi connectivity index (χ0v) is 16.4. The molecule has 1 aromatic rings. The monoisotopic (exact) mass is 351 g/mol. The molecule has 0 spiro atoms. The first-order valence-electron chi connectivity index (χ1n) is 10.8. The maximum absolute atomic E-state index is 5.97. The second-order valence-electron chi connectivity index (χ2n) is 9.89. The summed E-state index contributed by atoms with van der Waals surface area (Å²) in [6.45, 7) is 7.18. The van der Waals surface area contributed by atoms with Gasteiger partial charge in [-0.3, -0.25) is 4.98 Å². The third kappa shape index (κ3) is 2.37. The van der Waals surface area contributed by atoms with Gasteiger partial charge in [0.15, 0.2) is 0 Å². The molecule has 0 bridgehead atoms. The van der Waals surface area contributed by atoms with Gasteiger partial charge in [0, 0.05) is 25.6 Å². The molecular formula is C24H33NO. The first-order valence-corrected chi connectivity index (χ1v) is 10.8. The van der Waals surface area contributed by atoms with E-state index in [1.54, 1.807) is 5.57 Å². The maximum Gasteiger partial charge on any atom is 0.0499 e. The molecule has 0 amide bonds. The van der Waals surface area contributed by atoms with Crippen LogP contribution in [0.1, 0.15) is 64.4 Å². The lowest BCUT2D eigenvalue weighted by Crippen LogP contribution is -2.51. The molecule has 26 heavy (non-hydrogen) atoms. The number of allylic oxidation sites excluding steroid dienone is 2. The van der Waals surface area contributed by atoms with Crippen LogP contribution in [0.3, 0.4) is 0 Å². The topological polar surface area (TPSA) is 22.1 Å². The van der Waals surface area contributed by atoms with Gasteiger partial charge in [-0.25, -0.2) is 0 Å². The van der Waals surface area contributed by atoms with E-state index < -0.39 is 0 Å². The van der Waals surface area contributed by atoms with Crippen LogP contribution in [0, 0.1) is 34.5 Å². The van der Waals surface area contributed by atoms with E-state index in [9.17, 15) is 0 Å². The summed E-state index contributed by atoms with van der Waals surface area (Å²) >= 11 is 0. The molecule has 1 aliphatic heterocycles. The number of rotatable bonds is 1. The zero-order chi connectivity index (χ0) is 17.8. The van der Waals surface area contributed by atoms with Crippen LogP contribution in [0.5, 0.6) is 0 Å². The highest BCUT2D eigenvalue weighted by Crippen LogP contribution is 2.66. The lowest BCUT2D eigenvalue weighted by atomic mass is 9.46. The maximum atomic E-state index is 5.97. The summed E-state index contributed by atoms with van der Waals surface area (Å²) in [6, 6.07) is 4.36. The molecule has 0 radical (unpaired) electrons. The van der Waals surface area contributed by atoms with Gasteiger partial charge < -0.3 is 4.74 Å². The van der Waals surface area contributed by atoms with Crippen molar-refractivity contribution in [3.05, 3.63) is 36.2 Å². The van der Waals surface area contributed by atoms with Gasteiger partial charge >= 0.3 is 0 Å². The molecular weight excluding hydrogens is 318 g/mol. The van der Waals surface area contributed by atoms with Crippen LogP contribution in [-0.2, 0) is 4.74 Å². The molecule has 2 saturated carbocycles. The lowest BCUT2D eigenvalue weighted by molar-refractivity contribution is -0.0884. The molecule has 2 heterocycles. The van der Waals surface area contributed by atoms with Gasteiger partial charge in [-0.1, -0.05) is 26.0 Å². The van der Waals surface area contributed by atoms with E-state index in [1.807, 2.05) is 6.20 Å². The Bertz CT molecular complexity index is 697. The minimum Gasteiger partial charge on any atom is -0.381 e. The third-order valence-electron chi connectivity index (χ3n) is 8.94. The predicted octanol–water partition coefficient (Wildman–Crippen LogP) is 5.74. The Kier molecular flexibility index (Phi) is 4.04. The van der Waals surface area contributed by atoms with E-state index in [0.717, 1.165) is 36.9 Å². The summed E-state index contributed by atoms with van der Waals surface area (Å²) in [6.07, 6.45) is 16.0. The largest absolute Gasteiger partial charge is 0.381 e. The summed E-state index contributed by atoms with van der Waals surface area (Å²) < 4.78 is 5.97. The normalized spacial score (nSPS) is 45.1. The fourth-order valence-electron chi connectivity index (χ4n) is 7.52. The number of pyridine rings is 1. The second-order valence-corrected chi connectivity index (χ2v) is 9.89. The van der Waals surface area contributed by atoms with Gasteiger partial charge in [-0.05, 0) is 96.7 Å². The van der Waals surface area contributed by atoms with Crippen molar-refractivity contribution in [3.8, 4) is 0 Å². The fourth-order valence-corrected chi connectivity index (χ4v) is 7.52. The Morgan fingerprint density at radius 3 is 2.88 bits per heavy atom. The van der Waals surface area contributed by atoms with Crippen molar-refractivity contribution < 1.29 is 4.74 Å². The minimum atomic E-state index is 0.356. The molecule has 2 nitrogen and oxygen atoms in total. The van der Waals surface area contributed by atoms with Crippen molar-refractivity contribution >= 4 is 5.57 Å². The summed E-state index contributed by atoms with van der Waals surface area (Å²) in [5.74, 6) is 3.43. The summed E-state index contributed by atoms with van der Waals surface area (Å²) in [5, 5.41) is 0. The van der Waals surface area contributed by atoms with Crippen LogP contribution in [0.2, 0.25) is 0 Å². The van der Waals surface area contributed by atoms with E-state index in [1.165, 1.54) is 50.5 Å². The first kappa shape index (κ1) is 17.0. The van der Waals surface area contributed by atoms with Gasteiger partial charge in [0.2, 0.25) is 0 Å². The zero-order valence-electron chi connectivity index (χ0n) is 16.4. The van der Waals surface area contributed by atoms with Crippen molar-refractivity contribution in [3.63, 3.8) is 0 Å². The third-order valence-corrected chi connectivity index (χ3v) is 8.94. The van der Waals surface area contributed by atoms with Gasteiger partial charge in [-0.2, -0.15) is 0 Å². The van der Waals surface area contributed by atoms with Crippen LogP contribution in [-0.4, -0.2) is 18.2 Å². The van der Waals surface area contributed by atoms with E-state index in [0.29, 0.717) is 10.8 Å². The SMILES string of the molecule is C[C@]12CCCOC[C@@H]1CC[C@@H]1[C@@H]2CC[C@]2(C)C(c3cccnc3)=CC[C@@H]12. The Labute approximate surface area is 158 Å². The number of nitrogens with zero attached hydrogens (tertiary/aromatic N) is 1. The van der Waals surface area contributed by atoms with E-state index in [2.05, 4.69) is 43.2 Å². The van der Waals surface area contributed by atoms with Crippen molar-refractivity contribution in [2.24, 2.45) is 34.5 Å². The Hall–Kier alpha value is -1.15. The van der Waals surface area contributed by atoms with Gasteiger partial charge in [0.05, 0.1) is 0 Å². The first-order chi connectivity index (χ1) is 12.6. The number of hydrogen-bond acceptors (Lipinski definition) is 2. The molecule has 4 aliphatic rings. The molecule has 3 aliphatic carbocycles. The highest BCUT2D eigenvalue weighted by molar-refractivity contribution is 5.72. The smallest absolute Gasteiger partial charge is 0.0499 e. The highest BCUT2D eigenvalue weighted by atomic mass is 16.5. The molecule has 0 N–H and O–H groups in total. The molecule has 1 saturated heterocycles. The van der Waals surface area contributed by atoms with Gasteiger partial charge in [-0.15, -0.1) is 0 Å². The quantitative estimate of drug-likeness (QED) is 0.643. The van der Waals surface area contributed by atoms with Gasteiger partial charge in [0.25, 0.3) is 0 Å². The number of hydrogen-bond donors (Lipinski definition) is 0. The van der Waals surface area contributed by atoms with Gasteiger partial charge in [0.1, 0.15) is 0 Å². The standard InChI is InChI=1S/C24H33NO/c1-23-11-4-14-26-16-18(23)6-7-19-21-9-8-20(17-5-3-13-25-15-17)24(21,2)12-10-22(19)23/h3,5,8,13,15,18-19,21-22H,4,6-7,9-12,14,16H2,1-2H3/t18-,19-,21-,22-,23-,24+/m0/s1. The van der Waals surface area contributed by atoms with E-state index in [4.69, 9.17) is 4.74 Å². The minimum absolute atomic E-state index is 0.356. The summed E-state index contributed by atoms with van der Waals surface area (Å²) in [7, 11) is 0. The predicted molar refractivity (Wildman–Crippen MR) is 106 cm³/mol. The molecule has 3 fully saturated rings. The number of fused-ring (bicyclic) bond motifs is 5. The van der Waals surface area contributed by atoms with Crippen LogP contribution in [0.15, 0.2) is 30.6 Å². The summed E-state index contributed by atoms with van der Waals surface area (Å²) in [5.41, 5.74) is 3.82. The van der Waals surface area contributed by atoms with Crippen LogP contribution in [0.4, 0.5) is 0 Å². The molecule has 5 rings (SSSR count). The van der Waals surface area contributed by atoms with E-state index >= 15 is 0 Å². The molecule has 0 unspecified atom stereocenters. The molecule has 140 valence electrons. The Morgan fingerprint density at radius 2 is 2.04 bits per heavy atom. The average Bonchev–Trinajstić information content (AvgIpc) is 2.88. The molecule has 6 atom stereocenters. The molecule has 1 aromatic heterocycles. The second kappa shape index (κ2) is 6.19. The fraction of sp³-hybridized carbons (Fsp3) is 0.708. The Morgan fingerprint density at radius 1 is 1.12 bits per heavy atom.